The van der Waals surface area contributed by atoms with E-state index in [0.717, 1.165) is 18.0 Å². The normalized spacial score (nSPS) is 16.8. The van der Waals surface area contributed by atoms with Crippen LogP contribution in [0.1, 0.15) is 22.5 Å². The molecule has 0 atom stereocenters. The van der Waals surface area contributed by atoms with Crippen molar-refractivity contribution in [1.82, 2.24) is 9.80 Å². The Morgan fingerprint density at radius 3 is 2.88 bits per heavy atom. The van der Waals surface area contributed by atoms with Crippen LogP contribution < -0.4 is 0 Å². The highest BCUT2D eigenvalue weighted by Gasteiger charge is 2.14. The number of ketones is 1. The van der Waals surface area contributed by atoms with E-state index >= 15 is 0 Å². The number of carbonyl (C=O) groups is 1. The molecule has 0 aromatic carbocycles. The number of nitrogens with zero attached hydrogens (tertiary/aromatic N) is 2. The second-order valence-electron chi connectivity index (χ2n) is 4.69. The number of likely N-dealkylation sites (tertiary alicyclic amines) is 1. The molecule has 0 bridgehead atoms. The maximum Gasteiger partial charge on any atom is 0.186 e. The lowest BCUT2D eigenvalue weighted by atomic mass is 10.3. The standard InChI is InChI=1S/C13H20N2OS/c1-14(8-9-15-6-2-3-7-15)11-12(16)13-5-4-10-17-13/h4-5,10H,2-3,6-9,11H2,1H3. The van der Waals surface area contributed by atoms with Gasteiger partial charge in [0.05, 0.1) is 11.4 Å². The molecule has 1 aromatic heterocycles. The maximum absolute atomic E-state index is 11.9. The van der Waals surface area contributed by atoms with Gasteiger partial charge in [0.2, 0.25) is 0 Å². The van der Waals surface area contributed by atoms with Gasteiger partial charge in [-0.15, -0.1) is 11.3 Å². The largest absolute Gasteiger partial charge is 0.302 e. The van der Waals surface area contributed by atoms with Gasteiger partial charge in [-0.05, 0) is 44.4 Å². The summed E-state index contributed by atoms with van der Waals surface area (Å²) >= 11 is 1.53. The first kappa shape index (κ1) is 12.7. The second-order valence-corrected chi connectivity index (χ2v) is 5.63. The predicted molar refractivity (Wildman–Crippen MR) is 71.8 cm³/mol. The van der Waals surface area contributed by atoms with E-state index in [-0.39, 0.29) is 5.78 Å². The van der Waals surface area contributed by atoms with Crippen molar-refractivity contribution in [2.75, 3.05) is 39.8 Å². The van der Waals surface area contributed by atoms with Crippen LogP contribution in [0.3, 0.4) is 0 Å². The summed E-state index contributed by atoms with van der Waals surface area (Å²) in [5, 5.41) is 1.96. The second kappa shape index (κ2) is 6.28. The number of thiophene rings is 1. The molecule has 1 aliphatic rings. The average Bonchev–Trinajstić information content (AvgIpc) is 2.99. The number of hydrogen-bond donors (Lipinski definition) is 0. The van der Waals surface area contributed by atoms with Crippen LogP contribution in [0, 0.1) is 0 Å². The van der Waals surface area contributed by atoms with Crippen molar-refractivity contribution in [2.24, 2.45) is 0 Å². The lowest BCUT2D eigenvalue weighted by Crippen LogP contribution is -2.34. The first-order chi connectivity index (χ1) is 8.25. The molecule has 1 aromatic rings. The molecule has 3 nitrogen and oxygen atoms in total. The van der Waals surface area contributed by atoms with Crippen molar-refractivity contribution >= 4 is 17.1 Å². The molecule has 0 spiro atoms. The Morgan fingerprint density at radius 2 is 2.24 bits per heavy atom. The molecule has 2 heterocycles. The van der Waals surface area contributed by atoms with Crippen molar-refractivity contribution in [3.05, 3.63) is 22.4 Å². The molecule has 1 fully saturated rings. The van der Waals surface area contributed by atoms with E-state index in [1.807, 2.05) is 24.6 Å². The highest BCUT2D eigenvalue weighted by atomic mass is 32.1. The highest BCUT2D eigenvalue weighted by molar-refractivity contribution is 7.12. The minimum atomic E-state index is 0.240. The van der Waals surface area contributed by atoms with Crippen LogP contribution in [0.15, 0.2) is 17.5 Å². The van der Waals surface area contributed by atoms with Gasteiger partial charge in [0.15, 0.2) is 5.78 Å². The van der Waals surface area contributed by atoms with Gasteiger partial charge in [-0.2, -0.15) is 0 Å². The first-order valence-electron chi connectivity index (χ1n) is 6.23. The molecule has 0 amide bonds. The van der Waals surface area contributed by atoms with Crippen molar-refractivity contribution in [3.8, 4) is 0 Å². The Kier molecular flexibility index (Phi) is 4.71. The van der Waals surface area contributed by atoms with Crippen LogP contribution in [0.5, 0.6) is 0 Å². The van der Waals surface area contributed by atoms with Gasteiger partial charge < -0.3 is 4.90 Å². The highest BCUT2D eigenvalue weighted by Crippen LogP contribution is 2.10. The number of hydrogen-bond acceptors (Lipinski definition) is 4. The molecule has 0 saturated carbocycles. The van der Waals surface area contributed by atoms with E-state index in [2.05, 4.69) is 9.80 Å². The van der Waals surface area contributed by atoms with Crippen molar-refractivity contribution in [3.63, 3.8) is 0 Å². The molecule has 1 saturated heterocycles. The Morgan fingerprint density at radius 1 is 1.47 bits per heavy atom. The number of rotatable bonds is 6. The molecular weight excluding hydrogens is 232 g/mol. The predicted octanol–water partition coefficient (Wildman–Crippen LogP) is 1.96. The summed E-state index contributed by atoms with van der Waals surface area (Å²) in [4.78, 5) is 17.3. The molecule has 94 valence electrons. The lowest BCUT2D eigenvalue weighted by Gasteiger charge is -2.20. The fourth-order valence-corrected chi connectivity index (χ4v) is 2.81. The minimum Gasteiger partial charge on any atom is -0.302 e. The first-order valence-corrected chi connectivity index (χ1v) is 7.11. The Bertz CT molecular complexity index is 344. The van der Waals surface area contributed by atoms with E-state index < -0.39 is 0 Å². The average molecular weight is 252 g/mol. The van der Waals surface area contributed by atoms with E-state index in [4.69, 9.17) is 0 Å². The van der Waals surface area contributed by atoms with Gasteiger partial charge in [-0.1, -0.05) is 6.07 Å². The zero-order chi connectivity index (χ0) is 12.1. The summed E-state index contributed by atoms with van der Waals surface area (Å²) < 4.78 is 0. The molecule has 1 aliphatic heterocycles. The summed E-state index contributed by atoms with van der Waals surface area (Å²) in [6, 6.07) is 3.84. The van der Waals surface area contributed by atoms with Gasteiger partial charge in [-0.3, -0.25) is 9.69 Å². The van der Waals surface area contributed by atoms with E-state index in [9.17, 15) is 4.79 Å². The van der Waals surface area contributed by atoms with Crippen LogP contribution in [-0.4, -0.2) is 55.4 Å². The third-order valence-electron chi connectivity index (χ3n) is 3.21. The summed E-state index contributed by atoms with van der Waals surface area (Å²) in [6.45, 7) is 5.07. The molecule has 17 heavy (non-hydrogen) atoms. The third kappa shape index (κ3) is 3.91. The molecule has 0 N–H and O–H groups in total. The topological polar surface area (TPSA) is 23.6 Å². The zero-order valence-corrected chi connectivity index (χ0v) is 11.2. The van der Waals surface area contributed by atoms with Crippen LogP contribution >= 0.6 is 11.3 Å². The Hall–Kier alpha value is -0.710. The van der Waals surface area contributed by atoms with Crippen molar-refractivity contribution in [2.45, 2.75) is 12.8 Å². The molecule has 0 unspecified atom stereocenters. The summed E-state index contributed by atoms with van der Waals surface area (Å²) in [5.41, 5.74) is 0. The van der Waals surface area contributed by atoms with Crippen molar-refractivity contribution in [1.29, 1.82) is 0 Å². The fourth-order valence-electron chi connectivity index (χ4n) is 2.16. The van der Waals surface area contributed by atoms with Crippen LogP contribution in [0.4, 0.5) is 0 Å². The molecule has 0 aliphatic carbocycles. The Labute approximate surface area is 107 Å². The van der Waals surface area contributed by atoms with Crippen LogP contribution in [0.2, 0.25) is 0 Å². The third-order valence-corrected chi connectivity index (χ3v) is 4.12. The number of carbonyl (C=O) groups excluding carboxylic acids is 1. The number of Topliss-reactive ketones (excluding diaryl/α,β-unsaturated/α-hetero) is 1. The quantitative estimate of drug-likeness (QED) is 0.723. The molecule has 2 rings (SSSR count). The van der Waals surface area contributed by atoms with Crippen LogP contribution in [-0.2, 0) is 0 Å². The maximum atomic E-state index is 11.9. The van der Waals surface area contributed by atoms with Gasteiger partial charge in [-0.25, -0.2) is 0 Å². The minimum absolute atomic E-state index is 0.240. The molecule has 4 heteroatoms. The monoisotopic (exact) mass is 252 g/mol. The van der Waals surface area contributed by atoms with Gasteiger partial charge >= 0.3 is 0 Å². The molecular formula is C13H20N2OS. The summed E-state index contributed by atoms with van der Waals surface area (Å²) in [6.07, 6.45) is 2.66. The van der Waals surface area contributed by atoms with Gasteiger partial charge in [0.25, 0.3) is 0 Å². The van der Waals surface area contributed by atoms with E-state index in [0.29, 0.717) is 6.54 Å². The SMILES string of the molecule is CN(CCN1CCCC1)CC(=O)c1cccs1. The summed E-state index contributed by atoms with van der Waals surface area (Å²) in [5.74, 6) is 0.240. The van der Waals surface area contributed by atoms with Crippen LogP contribution in [0.25, 0.3) is 0 Å². The smallest absolute Gasteiger partial charge is 0.186 e. The van der Waals surface area contributed by atoms with Gasteiger partial charge in [0.1, 0.15) is 0 Å². The van der Waals surface area contributed by atoms with E-state index in [1.54, 1.807) is 0 Å². The Balaban J connectivity index is 1.69. The zero-order valence-electron chi connectivity index (χ0n) is 10.4. The van der Waals surface area contributed by atoms with E-state index in [1.165, 1.54) is 37.3 Å². The van der Waals surface area contributed by atoms with Gasteiger partial charge in [0, 0.05) is 13.1 Å². The molecule has 0 radical (unpaired) electrons. The fraction of sp³-hybridized carbons (Fsp3) is 0.615. The summed E-state index contributed by atoms with van der Waals surface area (Å²) in [7, 11) is 2.03. The van der Waals surface area contributed by atoms with Crippen molar-refractivity contribution < 1.29 is 4.79 Å². The number of likely N-dealkylation sites (N-methyl/N-ethyl adjacent to an activating group) is 1. The lowest BCUT2D eigenvalue weighted by molar-refractivity contribution is 0.0945.